The lowest BCUT2D eigenvalue weighted by Crippen LogP contribution is -2.39. The lowest BCUT2D eigenvalue weighted by Gasteiger charge is -2.27. The molecule has 3 aromatic rings. The van der Waals surface area contributed by atoms with Crippen molar-refractivity contribution < 1.29 is 14.3 Å². The first-order valence-corrected chi connectivity index (χ1v) is 13.5. The van der Waals surface area contributed by atoms with Crippen LogP contribution in [0.4, 0.5) is 0 Å². The number of benzene rings is 2. The third-order valence-electron chi connectivity index (χ3n) is 6.06. The van der Waals surface area contributed by atoms with Gasteiger partial charge in [0.25, 0.3) is 5.91 Å². The zero-order chi connectivity index (χ0) is 26.6. The molecule has 0 spiro atoms. The molecule has 200 valence electrons. The number of hydrogen-bond donors (Lipinski definition) is 1. The van der Waals surface area contributed by atoms with Crippen LogP contribution in [0.1, 0.15) is 52.8 Å². The second kappa shape index (κ2) is 14.4. The molecule has 1 aromatic heterocycles. The number of unbranched alkanes of at least 4 members (excludes halogenated alkanes) is 2. The van der Waals surface area contributed by atoms with Crippen LogP contribution in [0, 0.1) is 11.8 Å². The molecule has 7 heteroatoms. The van der Waals surface area contributed by atoms with Crippen LogP contribution in [0.25, 0.3) is 11.0 Å². The number of para-hydroxylation sites is 3. The van der Waals surface area contributed by atoms with E-state index in [1.807, 2.05) is 59.5 Å². The van der Waals surface area contributed by atoms with Crippen molar-refractivity contribution in [3.8, 4) is 5.75 Å². The standard InChI is InChI=1S/C30H42N4O3/c1-23(2)19-33(20-24(3)4)30(36)21-34-27-16-11-10-15-26(27)32-28(34)17-9-6-12-18-31-29(35)22-37-25-13-7-5-8-14-25/h5,7-8,10-11,13-16,23-24H,6,9,12,17-22H2,1-4H3,(H,31,35). The van der Waals surface area contributed by atoms with Crippen molar-refractivity contribution in [3.05, 3.63) is 60.4 Å². The Hall–Kier alpha value is -3.35. The van der Waals surface area contributed by atoms with Gasteiger partial charge in [0.1, 0.15) is 18.1 Å². The van der Waals surface area contributed by atoms with Gasteiger partial charge in [0.15, 0.2) is 6.61 Å². The molecule has 3 rings (SSSR count). The number of ether oxygens (including phenoxy) is 1. The Balaban J connectivity index is 1.50. The second-order valence-corrected chi connectivity index (χ2v) is 10.5. The lowest BCUT2D eigenvalue weighted by molar-refractivity contribution is -0.133. The largest absolute Gasteiger partial charge is 0.484 e. The van der Waals surface area contributed by atoms with Gasteiger partial charge in [-0.25, -0.2) is 4.98 Å². The van der Waals surface area contributed by atoms with Gasteiger partial charge in [0, 0.05) is 26.1 Å². The Bertz CT molecular complexity index is 1110. The number of aryl methyl sites for hydroxylation is 1. The SMILES string of the molecule is CC(C)CN(CC(C)C)C(=O)Cn1c(CCCCCNC(=O)COc2ccccc2)nc2ccccc21. The summed E-state index contributed by atoms with van der Waals surface area (Å²) in [6, 6.07) is 17.4. The lowest BCUT2D eigenvalue weighted by atomic mass is 10.1. The van der Waals surface area contributed by atoms with Gasteiger partial charge in [-0.1, -0.05) is 64.4 Å². The van der Waals surface area contributed by atoms with Crippen molar-refractivity contribution in [1.82, 2.24) is 19.8 Å². The zero-order valence-corrected chi connectivity index (χ0v) is 22.8. The van der Waals surface area contributed by atoms with Gasteiger partial charge in [-0.15, -0.1) is 0 Å². The fraction of sp³-hybridized carbons (Fsp3) is 0.500. The molecule has 0 aliphatic rings. The van der Waals surface area contributed by atoms with E-state index < -0.39 is 0 Å². The third kappa shape index (κ3) is 9.23. The second-order valence-electron chi connectivity index (χ2n) is 10.5. The predicted octanol–water partition coefficient (Wildman–Crippen LogP) is 5.08. The monoisotopic (exact) mass is 506 g/mol. The summed E-state index contributed by atoms with van der Waals surface area (Å²) in [4.78, 5) is 32.2. The number of rotatable bonds is 15. The molecule has 2 aromatic carbocycles. The smallest absolute Gasteiger partial charge is 0.257 e. The van der Waals surface area contributed by atoms with Crippen LogP contribution in [0.5, 0.6) is 5.75 Å². The number of carbonyl (C=O) groups excluding carboxylic acids is 2. The number of fused-ring (bicyclic) bond motifs is 1. The van der Waals surface area contributed by atoms with Crippen molar-refractivity contribution in [1.29, 1.82) is 0 Å². The molecule has 0 bridgehead atoms. The molecule has 1 N–H and O–H groups in total. The number of carbonyl (C=O) groups is 2. The predicted molar refractivity (Wildman–Crippen MR) is 148 cm³/mol. The third-order valence-corrected chi connectivity index (χ3v) is 6.06. The van der Waals surface area contributed by atoms with Gasteiger partial charge in [-0.2, -0.15) is 0 Å². The van der Waals surface area contributed by atoms with Gasteiger partial charge >= 0.3 is 0 Å². The Morgan fingerprint density at radius 1 is 0.919 bits per heavy atom. The molecule has 0 atom stereocenters. The minimum Gasteiger partial charge on any atom is -0.484 e. The van der Waals surface area contributed by atoms with Crippen LogP contribution >= 0.6 is 0 Å². The summed E-state index contributed by atoms with van der Waals surface area (Å²) in [5.41, 5.74) is 1.93. The van der Waals surface area contributed by atoms with E-state index in [9.17, 15) is 9.59 Å². The van der Waals surface area contributed by atoms with E-state index >= 15 is 0 Å². The maximum absolute atomic E-state index is 13.3. The van der Waals surface area contributed by atoms with Gasteiger partial charge in [-0.05, 0) is 48.9 Å². The molecule has 1 heterocycles. The number of amides is 2. The van der Waals surface area contributed by atoms with E-state index in [4.69, 9.17) is 9.72 Å². The summed E-state index contributed by atoms with van der Waals surface area (Å²) in [6.45, 7) is 11.1. The Labute approximate surface area is 221 Å². The Morgan fingerprint density at radius 2 is 1.59 bits per heavy atom. The maximum Gasteiger partial charge on any atom is 0.257 e. The molecule has 0 fully saturated rings. The molecule has 0 aliphatic carbocycles. The number of nitrogens with zero attached hydrogens (tertiary/aromatic N) is 3. The normalized spacial score (nSPS) is 11.3. The number of hydrogen-bond acceptors (Lipinski definition) is 4. The molecule has 0 saturated carbocycles. The minimum atomic E-state index is -0.114. The summed E-state index contributed by atoms with van der Waals surface area (Å²) < 4.78 is 7.57. The van der Waals surface area contributed by atoms with Gasteiger partial charge in [0.05, 0.1) is 11.0 Å². The highest BCUT2D eigenvalue weighted by atomic mass is 16.5. The van der Waals surface area contributed by atoms with Crippen molar-refractivity contribution >= 4 is 22.8 Å². The van der Waals surface area contributed by atoms with Crippen molar-refractivity contribution in [2.24, 2.45) is 11.8 Å². The fourth-order valence-electron chi connectivity index (χ4n) is 4.42. The van der Waals surface area contributed by atoms with Crippen molar-refractivity contribution in [3.63, 3.8) is 0 Å². The van der Waals surface area contributed by atoms with E-state index in [1.165, 1.54) is 0 Å². The molecule has 0 aliphatic heterocycles. The van der Waals surface area contributed by atoms with Crippen molar-refractivity contribution in [2.75, 3.05) is 26.2 Å². The molecule has 7 nitrogen and oxygen atoms in total. The highest BCUT2D eigenvalue weighted by molar-refractivity contribution is 5.81. The number of imidazole rings is 1. The molecular formula is C30H42N4O3. The van der Waals surface area contributed by atoms with Crippen LogP contribution in [-0.2, 0) is 22.6 Å². The quantitative estimate of drug-likeness (QED) is 0.292. The maximum atomic E-state index is 13.3. The number of aromatic nitrogens is 2. The van der Waals surface area contributed by atoms with E-state index in [2.05, 4.69) is 37.6 Å². The first-order valence-electron chi connectivity index (χ1n) is 13.5. The summed E-state index contributed by atoms with van der Waals surface area (Å²) >= 11 is 0. The topological polar surface area (TPSA) is 76.5 Å². The molecule has 2 amide bonds. The Kier molecular flexibility index (Phi) is 11.0. The first-order chi connectivity index (χ1) is 17.8. The van der Waals surface area contributed by atoms with Crippen LogP contribution in [-0.4, -0.2) is 52.5 Å². The van der Waals surface area contributed by atoms with Gasteiger partial charge in [0.2, 0.25) is 5.91 Å². The minimum absolute atomic E-state index is 0.0205. The summed E-state index contributed by atoms with van der Waals surface area (Å²) in [5.74, 6) is 2.52. The van der Waals surface area contributed by atoms with E-state index in [1.54, 1.807) is 0 Å². The highest BCUT2D eigenvalue weighted by Crippen LogP contribution is 2.19. The van der Waals surface area contributed by atoms with Crippen LogP contribution in [0.2, 0.25) is 0 Å². The zero-order valence-electron chi connectivity index (χ0n) is 22.8. The Morgan fingerprint density at radius 3 is 2.30 bits per heavy atom. The van der Waals surface area contributed by atoms with Gasteiger partial charge < -0.3 is 19.5 Å². The average Bonchev–Trinajstić information content (AvgIpc) is 3.21. The number of nitrogens with one attached hydrogen (secondary N) is 1. The van der Waals surface area contributed by atoms with Crippen LogP contribution in [0.3, 0.4) is 0 Å². The molecule has 37 heavy (non-hydrogen) atoms. The van der Waals surface area contributed by atoms with Crippen LogP contribution < -0.4 is 10.1 Å². The van der Waals surface area contributed by atoms with Crippen molar-refractivity contribution in [2.45, 2.75) is 59.9 Å². The van der Waals surface area contributed by atoms with E-state index in [0.717, 1.165) is 55.6 Å². The summed E-state index contributed by atoms with van der Waals surface area (Å²) in [7, 11) is 0. The van der Waals surface area contributed by atoms with Gasteiger partial charge in [-0.3, -0.25) is 9.59 Å². The molecular weight excluding hydrogens is 464 g/mol. The fourth-order valence-corrected chi connectivity index (χ4v) is 4.42. The highest BCUT2D eigenvalue weighted by Gasteiger charge is 2.20. The molecule has 0 radical (unpaired) electrons. The van der Waals surface area contributed by atoms with E-state index in [-0.39, 0.29) is 18.4 Å². The molecule has 0 unspecified atom stereocenters. The van der Waals surface area contributed by atoms with E-state index in [0.29, 0.717) is 30.7 Å². The first kappa shape index (κ1) is 28.2. The summed E-state index contributed by atoms with van der Waals surface area (Å²) in [5, 5.41) is 2.92. The average molecular weight is 507 g/mol. The summed E-state index contributed by atoms with van der Waals surface area (Å²) in [6.07, 6.45) is 3.58. The van der Waals surface area contributed by atoms with Crippen LogP contribution in [0.15, 0.2) is 54.6 Å². The molecule has 0 saturated heterocycles.